The number of ether oxygens (including phenoxy) is 1. The molecule has 0 spiro atoms. The lowest BCUT2D eigenvalue weighted by molar-refractivity contribution is -0.152. The van der Waals surface area contributed by atoms with Gasteiger partial charge in [0.05, 0.1) is 11.4 Å². The number of alkyl halides is 1. The Bertz CT molecular complexity index is 484. The number of hydrogen-bond donors (Lipinski definition) is 2. The third kappa shape index (κ3) is 3.13. The lowest BCUT2D eigenvalue weighted by Gasteiger charge is -2.27. The van der Waals surface area contributed by atoms with Crippen LogP contribution in [0, 0.1) is 18.3 Å². The van der Waals surface area contributed by atoms with Gasteiger partial charge >= 0.3 is 5.97 Å². The summed E-state index contributed by atoms with van der Waals surface area (Å²) in [5.74, 6) is -0.831. The van der Waals surface area contributed by atoms with E-state index in [1.807, 2.05) is 19.1 Å². The van der Waals surface area contributed by atoms with Crippen LogP contribution in [0.25, 0.3) is 0 Å². The maximum absolute atomic E-state index is 11.9. The van der Waals surface area contributed by atoms with Crippen molar-refractivity contribution in [2.75, 3.05) is 6.61 Å². The molecule has 0 aliphatic carbocycles. The zero-order valence-corrected chi connectivity index (χ0v) is 12.3. The van der Waals surface area contributed by atoms with Crippen molar-refractivity contribution in [3.63, 3.8) is 0 Å². The fourth-order valence-corrected chi connectivity index (χ4v) is 2.26. The minimum Gasteiger partial charge on any atom is -0.464 e. The summed E-state index contributed by atoms with van der Waals surface area (Å²) in [6.07, 6.45) is 0. The topological polar surface area (TPSA) is 82.4 Å². The number of rotatable bonds is 5. The molecule has 0 aliphatic rings. The third-order valence-corrected chi connectivity index (χ3v) is 3.92. The fourth-order valence-electron chi connectivity index (χ4n) is 1.56. The molecule has 2 N–H and O–H groups in total. The van der Waals surface area contributed by atoms with E-state index < -0.39 is 16.3 Å². The number of benzene rings is 1. The van der Waals surface area contributed by atoms with E-state index in [1.54, 1.807) is 30.6 Å². The maximum Gasteiger partial charge on any atom is 0.344 e. The van der Waals surface area contributed by atoms with Crippen molar-refractivity contribution in [1.82, 2.24) is 5.48 Å². The molecule has 0 aliphatic heterocycles. The molecule has 102 valence electrons. The fraction of sp³-hybridized carbons (Fsp3) is 0.385. The summed E-state index contributed by atoms with van der Waals surface area (Å²) in [7, 11) is 0. The van der Waals surface area contributed by atoms with Crippen molar-refractivity contribution in [2.45, 2.75) is 24.2 Å². The Hall–Kier alpha value is -1.42. The molecule has 6 heteroatoms. The van der Waals surface area contributed by atoms with Gasteiger partial charge in [-0.05, 0) is 19.4 Å². The van der Waals surface area contributed by atoms with Crippen molar-refractivity contribution < 1.29 is 14.7 Å². The predicted molar refractivity (Wildman–Crippen MR) is 72.7 cm³/mol. The Balaban J connectivity index is 3.15. The molecule has 0 amide bonds. The average molecular weight is 327 g/mol. The van der Waals surface area contributed by atoms with E-state index in [4.69, 9.17) is 4.74 Å². The quantitative estimate of drug-likeness (QED) is 0.492. The smallest absolute Gasteiger partial charge is 0.344 e. The number of aryl methyl sites for hydroxylation is 1. The standard InChI is InChI=1S/C13H15BrN2O3/c1-3-19-12(17)13(8-15,16-18)11(14)10-6-4-9(2)5-7-10/h4-7,11,16,18H,3H2,1-2H3. The van der Waals surface area contributed by atoms with Crippen molar-refractivity contribution in [2.24, 2.45) is 0 Å². The van der Waals surface area contributed by atoms with E-state index >= 15 is 0 Å². The lowest BCUT2D eigenvalue weighted by atomic mass is 9.92. The monoisotopic (exact) mass is 326 g/mol. The van der Waals surface area contributed by atoms with E-state index in [0.717, 1.165) is 5.56 Å². The number of carbonyl (C=O) groups excluding carboxylic acids is 1. The molecular formula is C13H15BrN2O3. The second-order valence-corrected chi connectivity index (χ2v) is 4.94. The SMILES string of the molecule is CCOC(=O)C(C#N)(NO)C(Br)c1ccc(C)cc1. The zero-order valence-electron chi connectivity index (χ0n) is 10.7. The van der Waals surface area contributed by atoms with Gasteiger partial charge in [0.2, 0.25) is 5.54 Å². The number of hydroxylamine groups is 1. The van der Waals surface area contributed by atoms with Crippen LogP contribution in [0.1, 0.15) is 22.9 Å². The Morgan fingerprint density at radius 1 is 1.58 bits per heavy atom. The molecule has 1 rings (SSSR count). The number of halogens is 1. The van der Waals surface area contributed by atoms with Gasteiger partial charge in [0.15, 0.2) is 0 Å². The van der Waals surface area contributed by atoms with Crippen LogP contribution in [0.15, 0.2) is 24.3 Å². The zero-order chi connectivity index (χ0) is 14.5. The van der Waals surface area contributed by atoms with Crippen LogP contribution in [0.4, 0.5) is 0 Å². The van der Waals surface area contributed by atoms with Gasteiger partial charge in [-0.15, -0.1) is 0 Å². The number of nitrogens with zero attached hydrogens (tertiary/aromatic N) is 1. The van der Waals surface area contributed by atoms with E-state index in [0.29, 0.717) is 5.56 Å². The second kappa shape index (κ2) is 6.66. The molecule has 0 fully saturated rings. The lowest BCUT2D eigenvalue weighted by Crippen LogP contribution is -2.53. The van der Waals surface area contributed by atoms with Crippen LogP contribution in [0.5, 0.6) is 0 Å². The average Bonchev–Trinajstić information content (AvgIpc) is 2.41. The molecule has 2 unspecified atom stereocenters. The number of esters is 1. The Morgan fingerprint density at radius 2 is 2.16 bits per heavy atom. The highest BCUT2D eigenvalue weighted by Crippen LogP contribution is 2.35. The first-order valence-electron chi connectivity index (χ1n) is 5.72. The summed E-state index contributed by atoms with van der Waals surface area (Å²) in [5.41, 5.74) is 1.63. The summed E-state index contributed by atoms with van der Waals surface area (Å²) < 4.78 is 4.84. The highest BCUT2D eigenvalue weighted by Gasteiger charge is 2.47. The second-order valence-electron chi connectivity index (χ2n) is 4.03. The number of nitrogens with one attached hydrogen (secondary N) is 1. The van der Waals surface area contributed by atoms with E-state index in [9.17, 15) is 15.3 Å². The molecule has 1 aromatic rings. The van der Waals surface area contributed by atoms with Gasteiger partial charge in [-0.1, -0.05) is 45.8 Å². The third-order valence-electron chi connectivity index (χ3n) is 2.70. The number of nitriles is 1. The molecule has 0 aromatic heterocycles. The van der Waals surface area contributed by atoms with Crippen molar-refractivity contribution in [3.05, 3.63) is 35.4 Å². The summed E-state index contributed by atoms with van der Waals surface area (Å²) in [5, 5.41) is 18.5. The normalized spacial score (nSPS) is 15.1. The minimum absolute atomic E-state index is 0.123. The molecule has 0 heterocycles. The summed E-state index contributed by atoms with van der Waals surface area (Å²) >= 11 is 3.28. The first-order chi connectivity index (χ1) is 9.01. The van der Waals surface area contributed by atoms with Gasteiger partial charge in [0.1, 0.15) is 6.07 Å². The van der Waals surface area contributed by atoms with Gasteiger partial charge in [-0.3, -0.25) is 0 Å². The van der Waals surface area contributed by atoms with E-state index in [1.165, 1.54) is 0 Å². The molecule has 1 aromatic carbocycles. The van der Waals surface area contributed by atoms with Gasteiger partial charge in [-0.25, -0.2) is 4.79 Å². The predicted octanol–water partition coefficient (Wildman–Crippen LogP) is 2.24. The van der Waals surface area contributed by atoms with Crippen molar-refractivity contribution in [1.29, 1.82) is 5.26 Å². The summed E-state index contributed by atoms with van der Waals surface area (Å²) in [4.78, 5) is 11.2. The van der Waals surface area contributed by atoms with Crippen LogP contribution >= 0.6 is 15.9 Å². The highest BCUT2D eigenvalue weighted by molar-refractivity contribution is 9.09. The number of carbonyl (C=O) groups is 1. The molecule has 2 atom stereocenters. The van der Waals surface area contributed by atoms with Crippen LogP contribution in [0.2, 0.25) is 0 Å². The van der Waals surface area contributed by atoms with Crippen LogP contribution in [-0.4, -0.2) is 23.3 Å². The Labute approximate surface area is 120 Å². The summed E-state index contributed by atoms with van der Waals surface area (Å²) in [6.45, 7) is 3.68. The molecule has 0 bridgehead atoms. The van der Waals surface area contributed by atoms with Crippen LogP contribution in [0.3, 0.4) is 0 Å². The molecule has 0 saturated heterocycles. The highest BCUT2D eigenvalue weighted by atomic mass is 79.9. The first kappa shape index (κ1) is 15.6. The Kier molecular flexibility index (Phi) is 5.48. The van der Waals surface area contributed by atoms with E-state index in [-0.39, 0.29) is 6.61 Å². The first-order valence-corrected chi connectivity index (χ1v) is 6.63. The summed E-state index contributed by atoms with van der Waals surface area (Å²) in [6, 6.07) is 9.04. The minimum atomic E-state index is -1.88. The largest absolute Gasteiger partial charge is 0.464 e. The molecule has 19 heavy (non-hydrogen) atoms. The van der Waals surface area contributed by atoms with Crippen molar-refractivity contribution in [3.8, 4) is 6.07 Å². The van der Waals surface area contributed by atoms with Gasteiger partial charge < -0.3 is 9.94 Å². The van der Waals surface area contributed by atoms with Crippen LogP contribution < -0.4 is 5.48 Å². The molecular weight excluding hydrogens is 312 g/mol. The van der Waals surface area contributed by atoms with Gasteiger partial charge in [-0.2, -0.15) is 10.7 Å². The number of hydrogen-bond acceptors (Lipinski definition) is 5. The maximum atomic E-state index is 11.9. The van der Waals surface area contributed by atoms with Crippen molar-refractivity contribution >= 4 is 21.9 Å². The van der Waals surface area contributed by atoms with E-state index in [2.05, 4.69) is 15.9 Å². The molecule has 0 radical (unpaired) electrons. The molecule has 0 saturated carbocycles. The van der Waals surface area contributed by atoms with Gasteiger partial charge in [0.25, 0.3) is 0 Å². The molecule has 5 nitrogen and oxygen atoms in total. The van der Waals surface area contributed by atoms with Crippen LogP contribution in [-0.2, 0) is 9.53 Å². The Morgan fingerprint density at radius 3 is 2.58 bits per heavy atom. The van der Waals surface area contributed by atoms with Gasteiger partial charge in [0, 0.05) is 0 Å².